The molecule has 0 saturated carbocycles. The van der Waals surface area contributed by atoms with Crippen molar-refractivity contribution in [1.29, 1.82) is 0 Å². The summed E-state index contributed by atoms with van der Waals surface area (Å²) in [5.41, 5.74) is 8.57. The molecule has 0 unspecified atom stereocenters. The lowest BCUT2D eigenvalue weighted by Crippen LogP contribution is -2.21. The minimum absolute atomic E-state index is 0.228. The van der Waals surface area contributed by atoms with Gasteiger partial charge in [0.2, 0.25) is 0 Å². The molecule has 1 aromatic carbocycles. The van der Waals surface area contributed by atoms with Crippen LogP contribution in [0.5, 0.6) is 0 Å². The molecule has 0 aliphatic heterocycles. The van der Waals surface area contributed by atoms with Gasteiger partial charge in [-0.2, -0.15) is 0 Å². The topological polar surface area (TPSA) is 55.0 Å². The van der Waals surface area contributed by atoms with E-state index in [0.717, 1.165) is 22.8 Å². The second-order valence-electron chi connectivity index (χ2n) is 5.40. The van der Waals surface area contributed by atoms with Gasteiger partial charge in [0.15, 0.2) is 0 Å². The number of nitrogens with zero attached hydrogens (tertiary/aromatic N) is 3. The molecule has 0 aliphatic carbocycles. The van der Waals surface area contributed by atoms with Gasteiger partial charge < -0.3 is 10.6 Å². The predicted octanol–water partition coefficient (Wildman–Crippen LogP) is 2.83. The molecule has 0 amide bonds. The van der Waals surface area contributed by atoms with Crippen LogP contribution in [0.25, 0.3) is 0 Å². The van der Waals surface area contributed by atoms with E-state index >= 15 is 0 Å². The highest BCUT2D eigenvalue weighted by atomic mass is 19.1. The molecule has 0 spiro atoms. The summed E-state index contributed by atoms with van der Waals surface area (Å²) in [5, 5.41) is 0. The van der Waals surface area contributed by atoms with E-state index in [-0.39, 0.29) is 11.7 Å². The molecular formula is C16H21FN4. The van der Waals surface area contributed by atoms with Gasteiger partial charge in [0.1, 0.15) is 11.6 Å². The highest BCUT2D eigenvalue weighted by Gasteiger charge is 2.12. The Morgan fingerprint density at radius 2 is 1.90 bits per heavy atom. The summed E-state index contributed by atoms with van der Waals surface area (Å²) in [7, 11) is 1.95. The summed E-state index contributed by atoms with van der Waals surface area (Å²) < 4.78 is 12.9. The predicted molar refractivity (Wildman–Crippen MR) is 82.5 cm³/mol. The number of benzene rings is 1. The molecule has 2 N–H and O–H groups in total. The summed E-state index contributed by atoms with van der Waals surface area (Å²) in [5.74, 6) is 0.842. The van der Waals surface area contributed by atoms with E-state index in [4.69, 9.17) is 5.73 Å². The third-order valence-corrected chi connectivity index (χ3v) is 3.32. The van der Waals surface area contributed by atoms with Crippen molar-refractivity contribution < 1.29 is 4.39 Å². The molecule has 0 radical (unpaired) electrons. The number of rotatable bonds is 5. The number of anilines is 1. The summed E-state index contributed by atoms with van der Waals surface area (Å²) in [6, 6.07) is 6.48. The maximum Gasteiger partial charge on any atom is 0.131 e. The van der Waals surface area contributed by atoms with Gasteiger partial charge in [0.05, 0.1) is 17.6 Å². The van der Waals surface area contributed by atoms with E-state index in [1.807, 2.05) is 18.1 Å². The first-order valence-electron chi connectivity index (χ1n) is 7.02. The lowest BCUT2D eigenvalue weighted by molar-refractivity contribution is 0.627. The highest BCUT2D eigenvalue weighted by molar-refractivity contribution is 5.49. The minimum Gasteiger partial charge on any atom is -0.368 e. The molecular weight excluding hydrogens is 267 g/mol. The van der Waals surface area contributed by atoms with Crippen LogP contribution in [0.4, 0.5) is 10.1 Å². The van der Waals surface area contributed by atoms with Crippen LogP contribution in [-0.4, -0.2) is 17.0 Å². The molecule has 0 bridgehead atoms. The van der Waals surface area contributed by atoms with Gasteiger partial charge in [-0.25, -0.2) is 14.4 Å². The molecule has 5 heteroatoms. The van der Waals surface area contributed by atoms with E-state index in [2.05, 4.69) is 23.8 Å². The zero-order chi connectivity index (χ0) is 15.4. The third-order valence-electron chi connectivity index (χ3n) is 3.32. The lowest BCUT2D eigenvalue weighted by atomic mass is 10.2. The summed E-state index contributed by atoms with van der Waals surface area (Å²) >= 11 is 0. The molecule has 0 saturated heterocycles. The monoisotopic (exact) mass is 288 g/mol. The van der Waals surface area contributed by atoms with Gasteiger partial charge in [-0.3, -0.25) is 0 Å². The van der Waals surface area contributed by atoms with Crippen molar-refractivity contribution >= 4 is 5.69 Å². The molecule has 112 valence electrons. The Hall–Kier alpha value is -2.01. The van der Waals surface area contributed by atoms with Crippen molar-refractivity contribution in [2.24, 2.45) is 5.73 Å². The number of hydrogen-bond donors (Lipinski definition) is 1. The fourth-order valence-corrected chi connectivity index (χ4v) is 2.12. The molecule has 0 fully saturated rings. The smallest absolute Gasteiger partial charge is 0.131 e. The molecule has 2 rings (SSSR count). The van der Waals surface area contributed by atoms with Crippen LogP contribution in [0.1, 0.15) is 36.8 Å². The molecule has 4 nitrogen and oxygen atoms in total. The Labute approximate surface area is 124 Å². The zero-order valence-corrected chi connectivity index (χ0v) is 12.7. The van der Waals surface area contributed by atoms with Crippen LogP contribution in [-0.2, 0) is 13.1 Å². The molecule has 1 heterocycles. The highest BCUT2D eigenvalue weighted by Crippen LogP contribution is 2.21. The Morgan fingerprint density at radius 1 is 1.24 bits per heavy atom. The molecule has 1 aromatic heterocycles. The second-order valence-corrected chi connectivity index (χ2v) is 5.40. The van der Waals surface area contributed by atoms with Crippen molar-refractivity contribution in [2.45, 2.75) is 32.9 Å². The van der Waals surface area contributed by atoms with E-state index in [1.165, 1.54) is 12.1 Å². The summed E-state index contributed by atoms with van der Waals surface area (Å²) in [6.45, 7) is 5.12. The van der Waals surface area contributed by atoms with Crippen LogP contribution in [0.15, 0.2) is 30.5 Å². The number of hydrogen-bond acceptors (Lipinski definition) is 4. The average Bonchev–Trinajstić information content (AvgIpc) is 2.48. The fraction of sp³-hybridized carbons (Fsp3) is 0.375. The van der Waals surface area contributed by atoms with E-state index in [1.54, 1.807) is 12.1 Å². The normalized spacial score (nSPS) is 11.0. The maximum absolute atomic E-state index is 12.9. The van der Waals surface area contributed by atoms with Crippen molar-refractivity contribution in [3.8, 4) is 0 Å². The van der Waals surface area contributed by atoms with Crippen LogP contribution in [0.3, 0.4) is 0 Å². The summed E-state index contributed by atoms with van der Waals surface area (Å²) in [6.07, 6.45) is 1.81. The van der Waals surface area contributed by atoms with Crippen molar-refractivity contribution in [3.63, 3.8) is 0 Å². The quantitative estimate of drug-likeness (QED) is 0.919. The Kier molecular flexibility index (Phi) is 4.85. The van der Waals surface area contributed by atoms with Crippen LogP contribution in [0, 0.1) is 5.82 Å². The Morgan fingerprint density at radius 3 is 2.48 bits per heavy atom. The fourth-order valence-electron chi connectivity index (χ4n) is 2.12. The number of aromatic nitrogens is 2. The van der Waals surface area contributed by atoms with Gasteiger partial charge >= 0.3 is 0 Å². The largest absolute Gasteiger partial charge is 0.368 e. The van der Waals surface area contributed by atoms with E-state index in [0.29, 0.717) is 13.1 Å². The molecule has 2 aromatic rings. The average molecular weight is 288 g/mol. The van der Waals surface area contributed by atoms with Crippen LogP contribution < -0.4 is 10.6 Å². The van der Waals surface area contributed by atoms with Crippen molar-refractivity contribution in [3.05, 3.63) is 53.4 Å². The Balaban J connectivity index is 2.22. The van der Waals surface area contributed by atoms with Crippen molar-refractivity contribution in [2.75, 3.05) is 11.9 Å². The van der Waals surface area contributed by atoms with Gasteiger partial charge in [-0.1, -0.05) is 26.0 Å². The van der Waals surface area contributed by atoms with Gasteiger partial charge in [-0.05, 0) is 17.7 Å². The minimum atomic E-state index is -0.228. The van der Waals surface area contributed by atoms with Gasteiger partial charge in [0, 0.05) is 26.1 Å². The van der Waals surface area contributed by atoms with Crippen LogP contribution >= 0.6 is 0 Å². The second kappa shape index (κ2) is 6.63. The number of nitrogens with two attached hydrogens (primary N) is 1. The van der Waals surface area contributed by atoms with Gasteiger partial charge in [-0.15, -0.1) is 0 Å². The Bertz CT molecular complexity index is 596. The lowest BCUT2D eigenvalue weighted by Gasteiger charge is -2.22. The SMILES string of the molecule is CC(C)c1ncc(N(C)Cc2ccc(F)cc2)c(CN)n1. The maximum atomic E-state index is 12.9. The first-order chi connectivity index (χ1) is 10.0. The van der Waals surface area contributed by atoms with Gasteiger partial charge in [0.25, 0.3) is 0 Å². The molecule has 0 atom stereocenters. The third kappa shape index (κ3) is 3.76. The molecule has 0 aliphatic rings. The van der Waals surface area contributed by atoms with Crippen molar-refractivity contribution in [1.82, 2.24) is 9.97 Å². The number of halogens is 1. The first kappa shape index (κ1) is 15.4. The first-order valence-corrected chi connectivity index (χ1v) is 7.02. The standard InChI is InChI=1S/C16H21FN4/c1-11(2)16-19-9-15(14(8-18)20-16)21(3)10-12-4-6-13(17)7-5-12/h4-7,9,11H,8,10,18H2,1-3H3. The van der Waals surface area contributed by atoms with Crippen LogP contribution in [0.2, 0.25) is 0 Å². The zero-order valence-electron chi connectivity index (χ0n) is 12.7. The summed E-state index contributed by atoms with van der Waals surface area (Å²) in [4.78, 5) is 11.0. The van der Waals surface area contributed by atoms with E-state index < -0.39 is 0 Å². The molecule has 21 heavy (non-hydrogen) atoms. The van der Waals surface area contributed by atoms with E-state index in [9.17, 15) is 4.39 Å².